The van der Waals surface area contributed by atoms with E-state index in [0.717, 1.165) is 39.3 Å². The molecule has 0 aliphatic carbocycles. The smallest absolute Gasteiger partial charge is 0.124 e. The monoisotopic (exact) mass is 253 g/mol. The fourth-order valence-electron chi connectivity index (χ4n) is 2.31. The number of aryl methyl sites for hydroxylation is 2. The van der Waals surface area contributed by atoms with Crippen molar-refractivity contribution in [3.05, 3.63) is 29.1 Å². The molecule has 0 saturated carbocycles. The molecule has 0 aromatic heterocycles. The number of rotatable bonds is 4. The van der Waals surface area contributed by atoms with Crippen molar-refractivity contribution in [2.75, 3.05) is 32.8 Å². The summed E-state index contributed by atoms with van der Waals surface area (Å²) in [4.78, 5) is 2.34. The van der Waals surface area contributed by atoms with Crippen molar-refractivity contribution >= 4 is 0 Å². The summed E-state index contributed by atoms with van der Waals surface area (Å²) in [6.45, 7) is 6.22. The highest BCUT2D eigenvalue weighted by Crippen LogP contribution is 2.24. The molecule has 1 N–H and O–H groups in total. The number of ether oxygens (including phenoxy) is 1. The predicted molar refractivity (Wildman–Crippen MR) is 68.4 cm³/mol. The molecule has 1 saturated heterocycles. The van der Waals surface area contributed by atoms with Crippen LogP contribution in [0.5, 0.6) is 5.75 Å². The molecule has 18 heavy (non-hydrogen) atoms. The molecule has 1 aliphatic heterocycles. The first-order valence-electron chi connectivity index (χ1n) is 6.45. The summed E-state index contributed by atoms with van der Waals surface area (Å²) >= 11 is 0. The van der Waals surface area contributed by atoms with Crippen LogP contribution in [0.2, 0.25) is 0 Å². The Morgan fingerprint density at radius 3 is 2.78 bits per heavy atom. The molecule has 1 aliphatic rings. The Hall–Kier alpha value is -1.13. The maximum atomic E-state index is 13.3. The molecule has 0 atom stereocenters. The van der Waals surface area contributed by atoms with E-state index in [1.54, 1.807) is 6.92 Å². The minimum Gasteiger partial charge on any atom is -0.507 e. The number of hydrogen-bond acceptors (Lipinski definition) is 3. The molecule has 100 valence electrons. The lowest BCUT2D eigenvalue weighted by Crippen LogP contribution is -2.36. The minimum absolute atomic E-state index is 0.235. The Bertz CT molecular complexity index is 403. The molecule has 0 amide bonds. The van der Waals surface area contributed by atoms with Crippen LogP contribution >= 0.6 is 0 Å². The second kappa shape index (κ2) is 6.16. The maximum absolute atomic E-state index is 13.3. The van der Waals surface area contributed by atoms with Gasteiger partial charge in [0, 0.05) is 13.1 Å². The highest BCUT2D eigenvalue weighted by atomic mass is 19.1. The van der Waals surface area contributed by atoms with Gasteiger partial charge in [0.15, 0.2) is 0 Å². The highest BCUT2D eigenvalue weighted by Gasteiger charge is 2.11. The zero-order chi connectivity index (χ0) is 13.0. The maximum Gasteiger partial charge on any atom is 0.124 e. The molecule has 1 aromatic carbocycles. The van der Waals surface area contributed by atoms with Crippen LogP contribution in [0.4, 0.5) is 4.39 Å². The van der Waals surface area contributed by atoms with Gasteiger partial charge in [-0.15, -0.1) is 0 Å². The molecule has 1 aromatic rings. The number of phenolic OH excluding ortho intramolecular Hbond substituents is 1. The van der Waals surface area contributed by atoms with Gasteiger partial charge in [-0.3, -0.25) is 4.90 Å². The fourth-order valence-corrected chi connectivity index (χ4v) is 2.31. The lowest BCUT2D eigenvalue weighted by Gasteiger charge is -2.26. The third-order valence-corrected chi connectivity index (χ3v) is 3.37. The van der Waals surface area contributed by atoms with Crippen molar-refractivity contribution in [1.29, 1.82) is 0 Å². The van der Waals surface area contributed by atoms with Gasteiger partial charge < -0.3 is 9.84 Å². The van der Waals surface area contributed by atoms with E-state index in [0.29, 0.717) is 17.5 Å². The summed E-state index contributed by atoms with van der Waals surface area (Å²) in [5.74, 6) is -0.0370. The summed E-state index contributed by atoms with van der Waals surface area (Å²) in [6, 6.07) is 2.79. The van der Waals surface area contributed by atoms with Crippen molar-refractivity contribution in [1.82, 2.24) is 4.90 Å². The van der Waals surface area contributed by atoms with Gasteiger partial charge in [-0.05, 0) is 49.6 Å². The summed E-state index contributed by atoms with van der Waals surface area (Å²) in [7, 11) is 0. The second-order valence-electron chi connectivity index (χ2n) is 4.79. The van der Waals surface area contributed by atoms with E-state index in [-0.39, 0.29) is 11.6 Å². The topological polar surface area (TPSA) is 32.7 Å². The first kappa shape index (κ1) is 13.3. The molecular weight excluding hydrogens is 233 g/mol. The number of halogens is 1. The lowest BCUT2D eigenvalue weighted by atomic mass is 10.0. The molecule has 1 heterocycles. The number of hydrogen-bond donors (Lipinski definition) is 1. The van der Waals surface area contributed by atoms with E-state index < -0.39 is 0 Å². The van der Waals surface area contributed by atoms with Gasteiger partial charge in [-0.2, -0.15) is 0 Å². The number of morpholine rings is 1. The van der Waals surface area contributed by atoms with Crippen LogP contribution in [-0.4, -0.2) is 42.9 Å². The Morgan fingerprint density at radius 1 is 1.33 bits per heavy atom. The summed E-state index contributed by atoms with van der Waals surface area (Å²) in [5, 5.41) is 9.86. The van der Waals surface area contributed by atoms with Crippen LogP contribution in [0.25, 0.3) is 0 Å². The van der Waals surface area contributed by atoms with Crippen LogP contribution in [-0.2, 0) is 11.2 Å². The number of benzene rings is 1. The fraction of sp³-hybridized carbons (Fsp3) is 0.571. The van der Waals surface area contributed by atoms with Gasteiger partial charge in [0.1, 0.15) is 11.6 Å². The molecular formula is C14H20FNO2. The zero-order valence-electron chi connectivity index (χ0n) is 10.8. The Balaban J connectivity index is 1.86. The van der Waals surface area contributed by atoms with E-state index >= 15 is 0 Å². The van der Waals surface area contributed by atoms with Gasteiger partial charge in [-0.1, -0.05) is 0 Å². The van der Waals surface area contributed by atoms with Crippen molar-refractivity contribution in [2.24, 2.45) is 0 Å². The first-order chi connectivity index (χ1) is 8.66. The quantitative estimate of drug-likeness (QED) is 0.892. The molecule has 4 heteroatoms. The number of aromatic hydroxyl groups is 1. The standard InChI is InChI=1S/C14H20FNO2/c1-11-9-13(15)10-12(14(11)17)3-2-4-16-5-7-18-8-6-16/h9-10,17H,2-8H2,1H3. The number of nitrogens with zero attached hydrogens (tertiary/aromatic N) is 1. The average molecular weight is 253 g/mol. The predicted octanol–water partition coefficient (Wildman–Crippen LogP) is 2.10. The molecule has 0 bridgehead atoms. The van der Waals surface area contributed by atoms with Crippen LogP contribution < -0.4 is 0 Å². The van der Waals surface area contributed by atoms with E-state index in [1.165, 1.54) is 12.1 Å². The van der Waals surface area contributed by atoms with Gasteiger partial charge in [0.25, 0.3) is 0 Å². The van der Waals surface area contributed by atoms with E-state index in [9.17, 15) is 9.50 Å². The molecule has 0 spiro atoms. The van der Waals surface area contributed by atoms with Crippen LogP contribution in [0, 0.1) is 12.7 Å². The van der Waals surface area contributed by atoms with Gasteiger partial charge in [0.2, 0.25) is 0 Å². The minimum atomic E-state index is -0.272. The van der Waals surface area contributed by atoms with Gasteiger partial charge in [-0.25, -0.2) is 4.39 Å². The zero-order valence-corrected chi connectivity index (χ0v) is 10.8. The first-order valence-corrected chi connectivity index (χ1v) is 6.45. The molecule has 3 nitrogen and oxygen atoms in total. The van der Waals surface area contributed by atoms with Crippen molar-refractivity contribution in [3.8, 4) is 5.75 Å². The van der Waals surface area contributed by atoms with Crippen molar-refractivity contribution < 1.29 is 14.2 Å². The van der Waals surface area contributed by atoms with Crippen molar-refractivity contribution in [2.45, 2.75) is 19.8 Å². The molecule has 2 rings (SSSR count). The average Bonchev–Trinajstić information content (AvgIpc) is 2.36. The van der Waals surface area contributed by atoms with Crippen LogP contribution in [0.3, 0.4) is 0 Å². The summed E-state index contributed by atoms with van der Waals surface area (Å²) in [5.41, 5.74) is 1.32. The summed E-state index contributed by atoms with van der Waals surface area (Å²) in [6.07, 6.45) is 1.64. The third kappa shape index (κ3) is 3.43. The highest BCUT2D eigenvalue weighted by molar-refractivity contribution is 5.40. The van der Waals surface area contributed by atoms with Crippen LogP contribution in [0.1, 0.15) is 17.5 Å². The molecule has 1 fully saturated rings. The summed E-state index contributed by atoms with van der Waals surface area (Å²) < 4.78 is 18.5. The normalized spacial score (nSPS) is 17.0. The SMILES string of the molecule is Cc1cc(F)cc(CCCN2CCOCC2)c1O. The van der Waals surface area contributed by atoms with E-state index in [4.69, 9.17) is 4.74 Å². The van der Waals surface area contributed by atoms with Gasteiger partial charge in [0.05, 0.1) is 13.2 Å². The van der Waals surface area contributed by atoms with E-state index in [2.05, 4.69) is 4.90 Å². The Labute approximate surface area is 107 Å². The van der Waals surface area contributed by atoms with Crippen molar-refractivity contribution in [3.63, 3.8) is 0 Å². The Kier molecular flexibility index (Phi) is 4.55. The molecule has 0 unspecified atom stereocenters. The third-order valence-electron chi connectivity index (χ3n) is 3.37. The lowest BCUT2D eigenvalue weighted by molar-refractivity contribution is 0.0374. The van der Waals surface area contributed by atoms with Gasteiger partial charge >= 0.3 is 0 Å². The second-order valence-corrected chi connectivity index (χ2v) is 4.79. The largest absolute Gasteiger partial charge is 0.507 e. The Morgan fingerprint density at radius 2 is 2.06 bits per heavy atom. The number of phenols is 1. The molecule has 0 radical (unpaired) electrons. The van der Waals surface area contributed by atoms with Crippen LogP contribution in [0.15, 0.2) is 12.1 Å². The van der Waals surface area contributed by atoms with E-state index in [1.807, 2.05) is 0 Å².